The van der Waals surface area contributed by atoms with Crippen LogP contribution >= 0.6 is 0 Å². The van der Waals surface area contributed by atoms with E-state index in [1.165, 1.54) is 12.1 Å². The van der Waals surface area contributed by atoms with Crippen molar-refractivity contribution in [1.82, 2.24) is 20.4 Å². The summed E-state index contributed by atoms with van der Waals surface area (Å²) in [4.78, 5) is 74.5. The number of hydrogen-bond acceptors (Lipinski definition) is 8. The number of nitro groups is 1. The van der Waals surface area contributed by atoms with Crippen molar-refractivity contribution in [2.24, 2.45) is 0 Å². The molecule has 0 saturated carbocycles. The van der Waals surface area contributed by atoms with Gasteiger partial charge in [-0.15, -0.1) is 0 Å². The van der Waals surface area contributed by atoms with E-state index in [2.05, 4.69) is 10.6 Å². The summed E-state index contributed by atoms with van der Waals surface area (Å²) in [5.74, 6) is -1.44. The Morgan fingerprint density at radius 3 is 2.37 bits per heavy atom. The van der Waals surface area contributed by atoms with Gasteiger partial charge in [-0.2, -0.15) is 0 Å². The highest BCUT2D eigenvalue weighted by Crippen LogP contribution is 2.27. The van der Waals surface area contributed by atoms with Crippen molar-refractivity contribution in [1.29, 1.82) is 0 Å². The fourth-order valence-corrected chi connectivity index (χ4v) is 4.31. The van der Waals surface area contributed by atoms with Crippen LogP contribution in [0.4, 0.5) is 10.5 Å². The highest BCUT2D eigenvalue weighted by Gasteiger charge is 2.36. The van der Waals surface area contributed by atoms with E-state index in [-0.39, 0.29) is 67.0 Å². The van der Waals surface area contributed by atoms with Crippen molar-refractivity contribution in [2.45, 2.75) is 64.5 Å². The molecule has 206 valence electrons. The molecule has 5 amide bonds. The Morgan fingerprint density at radius 1 is 1.08 bits per heavy atom. The van der Waals surface area contributed by atoms with Crippen LogP contribution in [0.2, 0.25) is 0 Å². The van der Waals surface area contributed by atoms with Crippen molar-refractivity contribution >= 4 is 35.4 Å². The minimum absolute atomic E-state index is 0.00409. The van der Waals surface area contributed by atoms with Crippen LogP contribution in [-0.2, 0) is 14.3 Å². The van der Waals surface area contributed by atoms with Crippen LogP contribution in [0, 0.1) is 10.1 Å². The minimum atomic E-state index is -0.630. The number of nitrogens with zero attached hydrogens (tertiary/aromatic N) is 3. The fraction of sp³-hybridized carbons (Fsp3) is 0.560. The number of alkyl carbamates (subject to hydrolysis) is 1. The number of amides is 5. The van der Waals surface area contributed by atoms with Crippen molar-refractivity contribution in [3.05, 3.63) is 39.4 Å². The number of piperidine rings is 1. The van der Waals surface area contributed by atoms with Gasteiger partial charge in [-0.3, -0.25) is 34.2 Å². The van der Waals surface area contributed by atoms with Crippen LogP contribution in [0.25, 0.3) is 0 Å². The number of benzene rings is 1. The quantitative estimate of drug-likeness (QED) is 0.277. The first kappa shape index (κ1) is 28.5. The molecule has 2 N–H and O–H groups in total. The Balaban J connectivity index is 1.34. The third-order valence-corrected chi connectivity index (χ3v) is 6.17. The molecule has 0 atom stereocenters. The summed E-state index contributed by atoms with van der Waals surface area (Å²) in [5.41, 5.74) is -0.764. The lowest BCUT2D eigenvalue weighted by Crippen LogP contribution is -2.47. The topological polar surface area (TPSA) is 168 Å². The molecule has 0 radical (unpaired) electrons. The van der Waals surface area contributed by atoms with Crippen LogP contribution in [0.15, 0.2) is 18.2 Å². The number of nitrogens with one attached hydrogen (secondary N) is 2. The van der Waals surface area contributed by atoms with E-state index in [9.17, 15) is 34.1 Å². The van der Waals surface area contributed by atoms with Crippen molar-refractivity contribution in [3.8, 4) is 0 Å². The second-order valence-corrected chi connectivity index (χ2v) is 10.3. The normalized spacial score (nSPS) is 15.8. The van der Waals surface area contributed by atoms with Crippen LogP contribution in [0.1, 0.15) is 73.6 Å². The molecule has 1 aromatic carbocycles. The number of rotatable bonds is 9. The number of hydrogen-bond donors (Lipinski definition) is 2. The predicted octanol–water partition coefficient (Wildman–Crippen LogP) is 1.99. The third-order valence-electron chi connectivity index (χ3n) is 6.17. The average Bonchev–Trinajstić information content (AvgIpc) is 3.07. The summed E-state index contributed by atoms with van der Waals surface area (Å²) in [6.07, 6.45) is 1.12. The zero-order valence-electron chi connectivity index (χ0n) is 21.8. The molecule has 1 fully saturated rings. The Kier molecular flexibility index (Phi) is 9.02. The number of likely N-dealkylation sites (tertiary alicyclic amines) is 1. The molecular weight excluding hydrogens is 498 g/mol. The molecule has 38 heavy (non-hydrogen) atoms. The molecule has 1 aromatic rings. The number of carbonyl (C=O) groups is 5. The van der Waals surface area contributed by atoms with Crippen LogP contribution in [-0.4, -0.2) is 82.3 Å². The Bertz CT molecular complexity index is 1120. The van der Waals surface area contributed by atoms with Gasteiger partial charge in [-0.25, -0.2) is 4.79 Å². The molecule has 0 aliphatic carbocycles. The molecule has 13 nitrogen and oxygen atoms in total. The zero-order valence-corrected chi connectivity index (χ0v) is 21.8. The van der Waals surface area contributed by atoms with Crippen LogP contribution in [0.5, 0.6) is 0 Å². The Morgan fingerprint density at radius 2 is 1.74 bits per heavy atom. The lowest BCUT2D eigenvalue weighted by molar-refractivity contribution is -0.384. The van der Waals surface area contributed by atoms with Gasteiger partial charge in [0, 0.05) is 57.2 Å². The summed E-state index contributed by atoms with van der Waals surface area (Å²) in [6.45, 7) is 6.44. The van der Waals surface area contributed by atoms with Gasteiger partial charge < -0.3 is 20.3 Å². The smallest absolute Gasteiger partial charge is 0.407 e. The first-order valence-corrected chi connectivity index (χ1v) is 12.5. The maximum Gasteiger partial charge on any atom is 0.407 e. The maximum absolute atomic E-state index is 12.5. The van der Waals surface area contributed by atoms with E-state index in [1.54, 1.807) is 25.7 Å². The molecular formula is C25H33N5O8. The van der Waals surface area contributed by atoms with Crippen molar-refractivity contribution in [3.63, 3.8) is 0 Å². The lowest BCUT2D eigenvalue weighted by Gasteiger charge is -2.32. The van der Waals surface area contributed by atoms with E-state index < -0.39 is 28.4 Å². The molecule has 0 spiro atoms. The minimum Gasteiger partial charge on any atom is -0.444 e. The second-order valence-electron chi connectivity index (χ2n) is 10.3. The molecule has 2 heterocycles. The van der Waals surface area contributed by atoms with Crippen LogP contribution < -0.4 is 10.6 Å². The van der Waals surface area contributed by atoms with Gasteiger partial charge in [0.15, 0.2) is 0 Å². The van der Waals surface area contributed by atoms with Gasteiger partial charge in [0.1, 0.15) is 5.60 Å². The lowest BCUT2D eigenvalue weighted by atomic mass is 10.0. The van der Waals surface area contributed by atoms with Gasteiger partial charge >= 0.3 is 6.09 Å². The molecule has 2 aliphatic rings. The van der Waals surface area contributed by atoms with E-state index in [0.29, 0.717) is 25.9 Å². The van der Waals surface area contributed by atoms with Gasteiger partial charge in [0.25, 0.3) is 17.5 Å². The molecule has 2 aliphatic heterocycles. The SMILES string of the molecule is CC(C)(C)OC(=O)NCCC(=O)N1CCC(NC(=O)CCCN2C(=O)c3ccc([N+](=O)[O-])cc3C2=O)CC1. The number of nitro benzene ring substituents is 1. The predicted molar refractivity (Wildman–Crippen MR) is 134 cm³/mol. The number of carbonyl (C=O) groups excluding carboxylic acids is 5. The fourth-order valence-electron chi connectivity index (χ4n) is 4.31. The molecule has 0 unspecified atom stereocenters. The van der Waals surface area contributed by atoms with Gasteiger partial charge in [-0.05, 0) is 46.1 Å². The molecule has 0 bridgehead atoms. The van der Waals surface area contributed by atoms with E-state index >= 15 is 0 Å². The van der Waals surface area contributed by atoms with Gasteiger partial charge in [0.2, 0.25) is 11.8 Å². The summed E-state index contributed by atoms with van der Waals surface area (Å²) in [5, 5.41) is 16.4. The summed E-state index contributed by atoms with van der Waals surface area (Å²) >= 11 is 0. The highest BCUT2D eigenvalue weighted by molar-refractivity contribution is 6.21. The monoisotopic (exact) mass is 531 g/mol. The second kappa shape index (κ2) is 12.0. The van der Waals surface area contributed by atoms with E-state index in [4.69, 9.17) is 4.74 Å². The first-order chi connectivity index (χ1) is 17.9. The molecule has 13 heteroatoms. The van der Waals surface area contributed by atoms with Crippen LogP contribution in [0.3, 0.4) is 0 Å². The standard InChI is InChI=1S/C25H33N5O8/c1-25(2,3)38-24(35)26-11-8-21(32)28-13-9-16(10-14-28)27-20(31)5-4-12-29-22(33)18-7-6-17(30(36)37)15-19(18)23(29)34/h6-7,15-16H,4-5,8-14H2,1-3H3,(H,26,35)(H,27,31). The molecule has 1 saturated heterocycles. The zero-order chi connectivity index (χ0) is 28.0. The van der Waals surface area contributed by atoms with Crippen molar-refractivity contribution < 1.29 is 33.6 Å². The van der Waals surface area contributed by atoms with Crippen molar-refractivity contribution in [2.75, 3.05) is 26.2 Å². The Labute approximate surface area is 220 Å². The summed E-state index contributed by atoms with van der Waals surface area (Å²) < 4.78 is 5.14. The highest BCUT2D eigenvalue weighted by atomic mass is 16.6. The van der Waals surface area contributed by atoms with E-state index in [0.717, 1.165) is 11.0 Å². The molecule has 3 rings (SSSR count). The summed E-state index contributed by atoms with van der Waals surface area (Å²) in [7, 11) is 0. The van der Waals surface area contributed by atoms with Gasteiger partial charge in [0.05, 0.1) is 16.1 Å². The largest absolute Gasteiger partial charge is 0.444 e. The third kappa shape index (κ3) is 7.49. The van der Waals surface area contributed by atoms with E-state index in [1.807, 2.05) is 0 Å². The molecule has 0 aromatic heterocycles. The Hall–Kier alpha value is -4.03. The average molecular weight is 532 g/mol. The first-order valence-electron chi connectivity index (χ1n) is 12.5. The number of fused-ring (bicyclic) bond motifs is 1. The maximum atomic E-state index is 12.5. The van der Waals surface area contributed by atoms with Gasteiger partial charge in [-0.1, -0.05) is 0 Å². The number of non-ortho nitro benzene ring substituents is 1. The number of ether oxygens (including phenoxy) is 1. The summed E-state index contributed by atoms with van der Waals surface area (Å²) in [6, 6.07) is 3.46. The number of imide groups is 1.